The first-order valence-electron chi connectivity index (χ1n) is 11.7. The topological polar surface area (TPSA) is 29.5 Å². The van der Waals surface area contributed by atoms with Gasteiger partial charge in [0, 0.05) is 13.0 Å². The molecule has 3 nitrogen and oxygen atoms in total. The largest absolute Gasteiger partial charge is 0.275 e. The number of hydrogen-bond acceptors (Lipinski definition) is 2. The van der Waals surface area contributed by atoms with Crippen LogP contribution in [0.5, 0.6) is 0 Å². The molecular weight excluding hydrogens is 334 g/mol. The average molecular weight is 376 g/mol. The van der Waals surface area contributed by atoms with Crippen LogP contribution < -0.4 is 0 Å². The molecule has 0 heterocycles. The number of fused-ring (bicyclic) bond motifs is 5. The molecule has 27 heavy (non-hydrogen) atoms. The summed E-state index contributed by atoms with van der Waals surface area (Å²) in [5.41, 5.74) is 0.803. The summed E-state index contributed by atoms with van der Waals surface area (Å²) in [6.07, 6.45) is 13.6. The van der Waals surface area contributed by atoms with Crippen LogP contribution in [0, 0.1) is 46.3 Å². The van der Waals surface area contributed by atoms with Gasteiger partial charge in [-0.15, -0.1) is 0 Å². The predicted molar refractivity (Wildman–Crippen MR) is 109 cm³/mol. The molecule has 0 saturated heterocycles. The molecule has 0 aromatic rings. The van der Waals surface area contributed by atoms with E-state index < -0.39 is 0 Å². The van der Waals surface area contributed by atoms with Crippen LogP contribution in [-0.2, 0) is 9.63 Å². The number of hydrogen-bond donors (Lipinski definition) is 0. The van der Waals surface area contributed by atoms with E-state index in [1.165, 1.54) is 62.9 Å². The van der Waals surface area contributed by atoms with Gasteiger partial charge in [-0.2, -0.15) is 0 Å². The number of carbonyl (C=O) groups excluding carboxylic acids is 1. The first kappa shape index (κ1) is 19.7. The molecule has 1 amide bonds. The Hall–Kier alpha value is -0.570. The molecule has 8 atom stereocenters. The van der Waals surface area contributed by atoms with Crippen molar-refractivity contribution in [1.82, 2.24) is 5.06 Å². The second-order valence-corrected chi connectivity index (χ2v) is 10.8. The van der Waals surface area contributed by atoms with Crippen LogP contribution in [0.1, 0.15) is 85.0 Å². The van der Waals surface area contributed by atoms with Gasteiger partial charge < -0.3 is 0 Å². The molecule has 3 heteroatoms. The summed E-state index contributed by atoms with van der Waals surface area (Å²) >= 11 is 0. The van der Waals surface area contributed by atoms with Gasteiger partial charge in [0.25, 0.3) is 0 Å². The third-order valence-electron chi connectivity index (χ3n) is 10.2. The van der Waals surface area contributed by atoms with Crippen LogP contribution >= 0.6 is 0 Å². The number of amides is 1. The van der Waals surface area contributed by atoms with Crippen LogP contribution in [0.25, 0.3) is 0 Å². The van der Waals surface area contributed by atoms with Gasteiger partial charge in [0.05, 0.1) is 7.11 Å². The lowest BCUT2D eigenvalue weighted by atomic mass is 9.43. The molecule has 4 rings (SSSR count). The van der Waals surface area contributed by atoms with Crippen molar-refractivity contribution < 1.29 is 9.63 Å². The van der Waals surface area contributed by atoms with Gasteiger partial charge in [0.15, 0.2) is 0 Å². The van der Waals surface area contributed by atoms with E-state index in [2.05, 4.69) is 20.8 Å². The Morgan fingerprint density at radius 3 is 2.56 bits per heavy atom. The molecule has 0 radical (unpaired) electrons. The van der Waals surface area contributed by atoms with Crippen molar-refractivity contribution in [3.63, 3.8) is 0 Å². The molecule has 0 aromatic carbocycles. The maximum atomic E-state index is 13.0. The molecule has 4 aliphatic carbocycles. The number of carbonyl (C=O) groups is 1. The maximum absolute atomic E-state index is 13.0. The SMILES string of the molecule is CCC12CCC(C)CC1CCC1C3CCC(C(=O)N(C)OC)C3(C)CCC12. The van der Waals surface area contributed by atoms with Crippen molar-refractivity contribution in [2.45, 2.75) is 85.0 Å². The van der Waals surface area contributed by atoms with Crippen LogP contribution in [0.15, 0.2) is 0 Å². The molecule has 0 bridgehead atoms. The van der Waals surface area contributed by atoms with E-state index in [1.807, 2.05) is 0 Å². The number of hydroxylamine groups is 2. The van der Waals surface area contributed by atoms with Crippen molar-refractivity contribution >= 4 is 5.91 Å². The highest BCUT2D eigenvalue weighted by atomic mass is 16.7. The molecular formula is C24H41NO2. The number of rotatable bonds is 3. The Labute approximate surface area is 166 Å². The standard InChI is InChI=1S/C24H41NO2/c1-6-24-14-11-16(2)15-17(24)7-8-18-19-9-10-21(22(26)25(4)27-5)23(19,3)13-12-20(18)24/h16-21H,6-15H2,1-5H3. The highest BCUT2D eigenvalue weighted by molar-refractivity contribution is 5.79. The predicted octanol–water partition coefficient (Wildman–Crippen LogP) is 5.69. The minimum Gasteiger partial charge on any atom is -0.275 e. The Kier molecular flexibility index (Phi) is 5.15. The second-order valence-electron chi connectivity index (χ2n) is 10.8. The Bertz CT molecular complexity index is 577. The molecule has 0 spiro atoms. The fourth-order valence-electron chi connectivity index (χ4n) is 8.69. The van der Waals surface area contributed by atoms with Gasteiger partial charge in [-0.25, -0.2) is 5.06 Å². The fourth-order valence-corrected chi connectivity index (χ4v) is 8.69. The summed E-state index contributed by atoms with van der Waals surface area (Å²) in [6, 6.07) is 0. The minimum atomic E-state index is 0.162. The molecule has 0 aliphatic heterocycles. The summed E-state index contributed by atoms with van der Waals surface area (Å²) < 4.78 is 0. The lowest BCUT2D eigenvalue weighted by Crippen LogP contribution is -2.55. The van der Waals surface area contributed by atoms with Gasteiger partial charge >= 0.3 is 0 Å². The van der Waals surface area contributed by atoms with E-state index in [4.69, 9.17) is 4.84 Å². The highest BCUT2D eigenvalue weighted by Crippen LogP contribution is 2.68. The maximum Gasteiger partial charge on any atom is 0.249 e. The van der Waals surface area contributed by atoms with Crippen molar-refractivity contribution in [3.8, 4) is 0 Å². The van der Waals surface area contributed by atoms with E-state index in [-0.39, 0.29) is 17.2 Å². The number of nitrogens with zero attached hydrogens (tertiary/aromatic N) is 1. The van der Waals surface area contributed by atoms with Gasteiger partial charge in [-0.05, 0) is 98.2 Å². The fraction of sp³-hybridized carbons (Fsp3) is 0.958. The monoisotopic (exact) mass is 375 g/mol. The molecule has 154 valence electrons. The van der Waals surface area contributed by atoms with E-state index in [9.17, 15) is 4.79 Å². The molecule has 0 aromatic heterocycles. The Morgan fingerprint density at radius 1 is 1.07 bits per heavy atom. The van der Waals surface area contributed by atoms with Crippen molar-refractivity contribution in [2.75, 3.05) is 14.2 Å². The first-order chi connectivity index (χ1) is 12.9. The van der Waals surface area contributed by atoms with E-state index in [0.29, 0.717) is 5.41 Å². The summed E-state index contributed by atoms with van der Waals surface area (Å²) in [5.74, 6) is 4.80. The van der Waals surface area contributed by atoms with Crippen molar-refractivity contribution in [2.24, 2.45) is 46.3 Å². The average Bonchev–Trinajstić information content (AvgIpc) is 3.03. The zero-order valence-electron chi connectivity index (χ0n) is 18.3. The highest BCUT2D eigenvalue weighted by Gasteiger charge is 2.62. The smallest absolute Gasteiger partial charge is 0.249 e. The zero-order valence-corrected chi connectivity index (χ0v) is 18.3. The summed E-state index contributed by atoms with van der Waals surface area (Å²) in [6.45, 7) is 7.40. The first-order valence-corrected chi connectivity index (χ1v) is 11.7. The third-order valence-corrected chi connectivity index (χ3v) is 10.2. The normalized spacial score (nSPS) is 49.1. The van der Waals surface area contributed by atoms with E-state index in [1.54, 1.807) is 14.2 Å². The van der Waals surface area contributed by atoms with Crippen molar-refractivity contribution in [3.05, 3.63) is 0 Å². The summed E-state index contributed by atoms with van der Waals surface area (Å²) in [5, 5.41) is 1.48. The molecule has 0 N–H and O–H groups in total. The Balaban J connectivity index is 1.59. The zero-order chi connectivity index (χ0) is 19.4. The molecule has 4 aliphatic rings. The second kappa shape index (κ2) is 7.04. The van der Waals surface area contributed by atoms with E-state index >= 15 is 0 Å². The van der Waals surface area contributed by atoms with Crippen molar-refractivity contribution in [1.29, 1.82) is 0 Å². The van der Waals surface area contributed by atoms with Crippen LogP contribution in [-0.4, -0.2) is 25.1 Å². The van der Waals surface area contributed by atoms with Crippen LogP contribution in [0.4, 0.5) is 0 Å². The molecule has 4 saturated carbocycles. The summed E-state index contributed by atoms with van der Waals surface area (Å²) in [4.78, 5) is 18.2. The Morgan fingerprint density at radius 2 is 1.85 bits per heavy atom. The van der Waals surface area contributed by atoms with Gasteiger partial charge in [-0.1, -0.05) is 27.2 Å². The van der Waals surface area contributed by atoms with Gasteiger partial charge in [-0.3, -0.25) is 9.63 Å². The van der Waals surface area contributed by atoms with Crippen LogP contribution in [0.3, 0.4) is 0 Å². The third kappa shape index (κ3) is 2.81. The van der Waals surface area contributed by atoms with Crippen LogP contribution in [0.2, 0.25) is 0 Å². The molecule has 4 fully saturated rings. The minimum absolute atomic E-state index is 0.162. The van der Waals surface area contributed by atoms with E-state index in [0.717, 1.165) is 36.0 Å². The molecule has 8 unspecified atom stereocenters. The van der Waals surface area contributed by atoms with Gasteiger partial charge in [0.2, 0.25) is 5.91 Å². The lowest BCUT2D eigenvalue weighted by molar-refractivity contribution is -0.181. The quantitative estimate of drug-likeness (QED) is 0.593. The van der Waals surface area contributed by atoms with Gasteiger partial charge in [0.1, 0.15) is 0 Å². The summed E-state index contributed by atoms with van der Waals surface area (Å²) in [7, 11) is 3.39. The lowest BCUT2D eigenvalue weighted by Gasteiger charge is -2.62.